The second kappa shape index (κ2) is 6.39. The highest BCUT2D eigenvalue weighted by Gasteiger charge is 2.13. The first-order chi connectivity index (χ1) is 10.1. The second-order valence-electron chi connectivity index (χ2n) is 4.25. The molecule has 0 radical (unpaired) electrons. The van der Waals surface area contributed by atoms with E-state index in [1.165, 1.54) is 14.2 Å². The van der Waals surface area contributed by atoms with Crippen molar-refractivity contribution in [1.29, 1.82) is 0 Å². The van der Waals surface area contributed by atoms with Gasteiger partial charge in [-0.3, -0.25) is 0 Å². The molecule has 3 nitrogen and oxygen atoms in total. The minimum Gasteiger partial charge on any atom is -0.497 e. The Balaban J connectivity index is 2.22. The number of methoxy groups -OCH3 is 2. The molecule has 0 atom stereocenters. The quantitative estimate of drug-likeness (QED) is 0.853. The molecular formula is C15H14F3NO2. The average molecular weight is 297 g/mol. The van der Waals surface area contributed by atoms with Gasteiger partial charge in [-0.05, 0) is 30.3 Å². The lowest BCUT2D eigenvalue weighted by molar-refractivity contribution is 0.399. The molecule has 2 aromatic rings. The first kappa shape index (κ1) is 15.0. The van der Waals surface area contributed by atoms with E-state index in [-0.39, 0.29) is 12.2 Å². The fourth-order valence-electron chi connectivity index (χ4n) is 1.87. The molecule has 0 heterocycles. The molecule has 0 unspecified atom stereocenters. The van der Waals surface area contributed by atoms with Gasteiger partial charge in [0.25, 0.3) is 0 Å². The second-order valence-corrected chi connectivity index (χ2v) is 4.25. The van der Waals surface area contributed by atoms with Crippen molar-refractivity contribution in [3.8, 4) is 11.5 Å². The van der Waals surface area contributed by atoms with Gasteiger partial charge in [0, 0.05) is 12.1 Å². The van der Waals surface area contributed by atoms with E-state index in [2.05, 4.69) is 5.32 Å². The van der Waals surface area contributed by atoms with Gasteiger partial charge >= 0.3 is 0 Å². The number of nitrogens with one attached hydrogen (secondary N) is 1. The molecule has 0 saturated heterocycles. The summed E-state index contributed by atoms with van der Waals surface area (Å²) >= 11 is 0. The van der Waals surface area contributed by atoms with Crippen molar-refractivity contribution in [3.63, 3.8) is 0 Å². The number of ether oxygens (including phenoxy) is 2. The highest BCUT2D eigenvalue weighted by atomic mass is 19.2. The zero-order chi connectivity index (χ0) is 15.4. The average Bonchev–Trinajstić information content (AvgIpc) is 2.51. The number of hydrogen-bond donors (Lipinski definition) is 1. The SMILES string of the molecule is COc1ccc(OC)c(CNc2ccc(F)c(F)c2F)c1. The Hall–Kier alpha value is -2.37. The summed E-state index contributed by atoms with van der Waals surface area (Å²) in [6, 6.07) is 7.14. The van der Waals surface area contributed by atoms with Crippen molar-refractivity contribution in [2.45, 2.75) is 6.54 Å². The Labute approximate surface area is 120 Å². The molecule has 1 N–H and O–H groups in total. The predicted molar refractivity (Wildman–Crippen MR) is 73.2 cm³/mol. The summed E-state index contributed by atoms with van der Waals surface area (Å²) < 4.78 is 49.8. The van der Waals surface area contributed by atoms with Gasteiger partial charge in [0.15, 0.2) is 17.5 Å². The van der Waals surface area contributed by atoms with Gasteiger partial charge in [0.2, 0.25) is 0 Å². The first-order valence-electron chi connectivity index (χ1n) is 6.15. The van der Waals surface area contributed by atoms with Crippen LogP contribution in [0.4, 0.5) is 18.9 Å². The molecule has 0 bridgehead atoms. The van der Waals surface area contributed by atoms with E-state index in [0.717, 1.165) is 12.1 Å². The third-order valence-corrected chi connectivity index (χ3v) is 2.99. The Morgan fingerprint density at radius 1 is 0.952 bits per heavy atom. The molecule has 0 saturated carbocycles. The Kier molecular flexibility index (Phi) is 4.57. The molecule has 112 valence electrons. The molecule has 0 aliphatic heterocycles. The van der Waals surface area contributed by atoms with Crippen LogP contribution in [-0.4, -0.2) is 14.2 Å². The Morgan fingerprint density at radius 2 is 1.71 bits per heavy atom. The van der Waals surface area contributed by atoms with Crippen molar-refractivity contribution in [1.82, 2.24) is 0 Å². The van der Waals surface area contributed by atoms with Crippen LogP contribution in [0.15, 0.2) is 30.3 Å². The van der Waals surface area contributed by atoms with Crippen LogP contribution in [0.2, 0.25) is 0 Å². The van der Waals surface area contributed by atoms with Crippen LogP contribution in [0.25, 0.3) is 0 Å². The van der Waals surface area contributed by atoms with Gasteiger partial charge in [0.1, 0.15) is 11.5 Å². The van der Waals surface area contributed by atoms with Gasteiger partial charge in [-0.1, -0.05) is 0 Å². The van der Waals surface area contributed by atoms with E-state index in [1.54, 1.807) is 18.2 Å². The monoisotopic (exact) mass is 297 g/mol. The van der Waals surface area contributed by atoms with E-state index in [9.17, 15) is 13.2 Å². The topological polar surface area (TPSA) is 30.5 Å². The molecule has 0 fully saturated rings. The van der Waals surface area contributed by atoms with Crippen LogP contribution in [0, 0.1) is 17.5 Å². The van der Waals surface area contributed by atoms with Crippen LogP contribution >= 0.6 is 0 Å². The van der Waals surface area contributed by atoms with Crippen molar-refractivity contribution in [2.24, 2.45) is 0 Å². The van der Waals surface area contributed by atoms with Crippen LogP contribution in [0.1, 0.15) is 5.56 Å². The molecular weight excluding hydrogens is 283 g/mol. The lowest BCUT2D eigenvalue weighted by Gasteiger charge is -2.13. The van der Waals surface area contributed by atoms with Crippen LogP contribution in [0.5, 0.6) is 11.5 Å². The van der Waals surface area contributed by atoms with Crippen molar-refractivity contribution in [2.75, 3.05) is 19.5 Å². The van der Waals surface area contributed by atoms with Crippen LogP contribution in [-0.2, 0) is 6.54 Å². The lowest BCUT2D eigenvalue weighted by Crippen LogP contribution is -2.05. The summed E-state index contributed by atoms with van der Waals surface area (Å²) in [7, 11) is 3.03. The van der Waals surface area contributed by atoms with Gasteiger partial charge in [0.05, 0.1) is 19.9 Å². The normalized spacial score (nSPS) is 10.3. The first-order valence-corrected chi connectivity index (χ1v) is 6.15. The number of anilines is 1. The van der Waals surface area contributed by atoms with Crippen molar-refractivity contribution >= 4 is 5.69 Å². The highest BCUT2D eigenvalue weighted by molar-refractivity contribution is 5.48. The third kappa shape index (κ3) is 3.21. The van der Waals surface area contributed by atoms with Gasteiger partial charge in [-0.25, -0.2) is 13.2 Å². The number of rotatable bonds is 5. The molecule has 0 amide bonds. The van der Waals surface area contributed by atoms with E-state index >= 15 is 0 Å². The van der Waals surface area contributed by atoms with Crippen LogP contribution < -0.4 is 14.8 Å². The number of hydrogen-bond acceptors (Lipinski definition) is 3. The Bertz CT molecular complexity index is 647. The number of benzene rings is 2. The summed E-state index contributed by atoms with van der Waals surface area (Å²) in [5.74, 6) is -2.80. The van der Waals surface area contributed by atoms with Crippen molar-refractivity contribution < 1.29 is 22.6 Å². The smallest absolute Gasteiger partial charge is 0.196 e. The third-order valence-electron chi connectivity index (χ3n) is 2.99. The van der Waals surface area contributed by atoms with E-state index < -0.39 is 17.5 Å². The van der Waals surface area contributed by atoms with E-state index in [4.69, 9.17) is 9.47 Å². The molecule has 0 aliphatic carbocycles. The maximum Gasteiger partial charge on any atom is 0.196 e. The molecule has 0 spiro atoms. The van der Waals surface area contributed by atoms with Crippen LogP contribution in [0.3, 0.4) is 0 Å². The van der Waals surface area contributed by atoms with E-state index in [1.807, 2.05) is 0 Å². The van der Waals surface area contributed by atoms with Gasteiger partial charge < -0.3 is 14.8 Å². The van der Waals surface area contributed by atoms with E-state index in [0.29, 0.717) is 17.1 Å². The fourth-order valence-corrected chi connectivity index (χ4v) is 1.87. The molecule has 6 heteroatoms. The maximum atomic E-state index is 13.6. The number of halogens is 3. The zero-order valence-corrected chi connectivity index (χ0v) is 11.5. The summed E-state index contributed by atoms with van der Waals surface area (Å²) in [4.78, 5) is 0. The standard InChI is InChI=1S/C15H14F3NO2/c1-20-10-3-6-13(21-2)9(7-10)8-19-12-5-4-11(16)14(17)15(12)18/h3-7,19H,8H2,1-2H3. The van der Waals surface area contributed by atoms with Gasteiger partial charge in [-0.2, -0.15) is 0 Å². The minimum absolute atomic E-state index is 0.126. The predicted octanol–water partition coefficient (Wildman–Crippen LogP) is 3.73. The molecule has 2 rings (SSSR count). The van der Waals surface area contributed by atoms with Crippen molar-refractivity contribution in [3.05, 3.63) is 53.3 Å². The largest absolute Gasteiger partial charge is 0.497 e. The molecule has 0 aliphatic rings. The molecule has 2 aromatic carbocycles. The summed E-state index contributed by atoms with van der Waals surface area (Å²) in [5, 5.41) is 2.71. The highest BCUT2D eigenvalue weighted by Crippen LogP contribution is 2.26. The molecule has 21 heavy (non-hydrogen) atoms. The van der Waals surface area contributed by atoms with Gasteiger partial charge in [-0.15, -0.1) is 0 Å². The fraction of sp³-hybridized carbons (Fsp3) is 0.200. The lowest BCUT2D eigenvalue weighted by atomic mass is 10.1. The summed E-state index contributed by atoms with van der Waals surface area (Å²) in [5.41, 5.74) is 0.569. The zero-order valence-electron chi connectivity index (χ0n) is 11.5. The Morgan fingerprint density at radius 3 is 2.38 bits per heavy atom. The summed E-state index contributed by atoms with van der Waals surface area (Å²) in [6.45, 7) is 0.169. The molecule has 0 aromatic heterocycles. The summed E-state index contributed by atoms with van der Waals surface area (Å²) in [6.07, 6.45) is 0. The minimum atomic E-state index is -1.50. The maximum absolute atomic E-state index is 13.6.